The molecular formula is O80Ti70+120. The Labute approximate surface area is 1910 Å². The van der Waals surface area contributed by atoms with Crippen LogP contribution < -0.4 is 0 Å². The Bertz CT molecular complexity index is 150. The summed E-state index contributed by atoms with van der Waals surface area (Å²) in [6.45, 7) is 0. The van der Waals surface area contributed by atoms with Crippen molar-refractivity contribution >= 4 is 0 Å². The van der Waals surface area contributed by atoms with Crippen molar-refractivity contribution in [1.82, 2.24) is 0 Å². The second kappa shape index (κ2) is 3390. The molecule has 0 saturated carbocycles. The van der Waals surface area contributed by atoms with Crippen molar-refractivity contribution in [3.05, 3.63) is 0 Å². The maximum Gasteiger partial charge on any atom is 4.00 e. The van der Waals surface area contributed by atoms with Gasteiger partial charge in [-0.15, -0.1) is 0 Å². The number of hydrogen-bond acceptors (Lipinski definition) is 0. The standard InChI is InChI=1S/80O.70Ti/q80*-2;70*+4. The summed E-state index contributed by atoms with van der Waals surface area (Å²) in [7, 11) is 0. The Morgan fingerprint density at radius 1 is 0.0133 bits per heavy atom. The monoisotopic (exact) mass is 4640 g/mol. The maximum atomic E-state index is 0. The third kappa shape index (κ3) is 3340. The van der Waals surface area contributed by atoms with E-state index in [2.05, 4.69) is 0 Å². The van der Waals surface area contributed by atoms with Gasteiger partial charge >= 0.3 is 1520 Å². The van der Waals surface area contributed by atoms with Gasteiger partial charge in [0.05, 0.1) is 0 Å². The molecule has 0 N–H and O–H groups in total. The molecule has 0 aliphatic rings. The van der Waals surface area contributed by atoms with Gasteiger partial charge in [0, 0.05) is 0 Å². The molecule has 150 heteroatoms. The third-order valence-corrected chi connectivity index (χ3v) is 0. The summed E-state index contributed by atoms with van der Waals surface area (Å²) in [6, 6.07) is 0. The Balaban J connectivity index is 0. The summed E-state index contributed by atoms with van der Waals surface area (Å²) in [5.41, 5.74) is 0. The van der Waals surface area contributed by atoms with Crippen molar-refractivity contribution in [3.63, 3.8) is 0 Å². The Morgan fingerprint density at radius 2 is 0.0133 bits per heavy atom. The van der Waals surface area contributed by atoms with Crippen LogP contribution in [-0.4, -0.2) is 0 Å². The van der Waals surface area contributed by atoms with Crippen LogP contribution in [0.1, 0.15) is 0 Å². The SMILES string of the molecule is [O-2].[O-2].[O-2].[O-2].[O-2].[O-2].[O-2].[O-2].[O-2].[O-2].[O-2].[O-2].[O-2].[O-2].[O-2].[O-2].[O-2].[O-2].[O-2].[O-2].[O-2].[O-2].[O-2].[O-2].[O-2].[O-2].[O-2].[O-2].[O-2].[O-2].[O-2].[O-2].[O-2].[O-2].[O-2].[O-2].[O-2].[O-2].[O-2].[O-2].[O-2].[O-2].[O-2].[O-2].[O-2].[O-2].[O-2].[O-2].[O-2].[O-2].[O-2].[O-2].[O-2].[O-2].[O-2].[O-2].[O-2].[O-2].[O-2].[O-2].[O-2].[O-2].[O-2].[O-2].[O-2].[O-2].[O-2].[O-2].[O-2].[O-2].[O-2].[O-2].[O-2].[O-2].[O-2].[O-2].[O-2].[O-2].[O-2].[O-2].[Ti+4].[Ti+4].[Ti+4].[Ti+4].[Ti+4].[Ti+4].[Ti+4].[Ti+4].[Ti+4].[Ti+4].[Ti+4].[Ti+4].[Ti+4].[Ti+4].[Ti+4].[Ti+4].[Ti+4].[Ti+4].[Ti+4].[Ti+4].[Ti+4].[Ti+4].[Ti+4].[Ti+4].[Ti+4].[Ti+4].[Ti+4].[Ti+4].[Ti+4].[Ti+4].[Ti+4].[Ti+4].[Ti+4].[Ti+4].[Ti+4].[Ti+4].[Ti+4].[Ti+4].[Ti+4].[Ti+4].[Ti+4].[Ti+4].[Ti+4].[Ti+4].[Ti+4].[Ti+4].[Ti+4].[Ti+4].[Ti+4].[Ti+4].[Ti+4].[Ti+4].[Ti+4].[Ti+4].[Ti+4].[Ti+4].[Ti+4].[Ti+4].[Ti+4].[Ti+4].[Ti+4].[Ti+4].[Ti+4].[Ti+4].[Ti+4].[Ti+4].[Ti+4].[Ti+4].[Ti+4].[Ti+4]. The quantitative estimate of drug-likeness (QED) is 0.204. The minimum absolute atomic E-state index is 0. The van der Waals surface area contributed by atoms with Crippen LogP contribution in [0.15, 0.2) is 0 Å². The molecule has 0 heterocycles. The normalized spacial score (nSPS) is 0. The van der Waals surface area contributed by atoms with Gasteiger partial charge in [0.15, 0.2) is 0 Å². The van der Waals surface area contributed by atoms with Gasteiger partial charge in [-0.1, -0.05) is 0 Å². The maximum absolute atomic E-state index is 0. The first-order valence-corrected chi connectivity index (χ1v) is 0. The molecule has 0 amide bonds. The van der Waals surface area contributed by atoms with E-state index in [9.17, 15) is 0 Å². The zero-order chi connectivity index (χ0) is 0. The summed E-state index contributed by atoms with van der Waals surface area (Å²) in [5.74, 6) is 0. The fourth-order valence-corrected chi connectivity index (χ4v) is 0. The summed E-state index contributed by atoms with van der Waals surface area (Å²) in [6.07, 6.45) is 0. The van der Waals surface area contributed by atoms with Gasteiger partial charge in [0.25, 0.3) is 0 Å². The minimum atomic E-state index is 0. The Hall–Kier alpha value is 46.8. The molecule has 0 fully saturated rings. The Morgan fingerprint density at radius 3 is 0.0133 bits per heavy atom. The van der Waals surface area contributed by atoms with E-state index in [0.29, 0.717) is 0 Å². The Kier molecular flexibility index (Phi) is 77900. The van der Waals surface area contributed by atoms with Crippen LogP contribution in [0, 0.1) is 0 Å². The molecule has 0 aromatic heterocycles. The first-order chi connectivity index (χ1) is 0. The molecule has 150 heavy (non-hydrogen) atoms. The molecule has 0 aromatic carbocycles. The molecule has 0 radical (unpaired) electrons. The van der Waals surface area contributed by atoms with Crippen LogP contribution in [-0.2, 0) is 1960 Å². The van der Waals surface area contributed by atoms with Crippen LogP contribution in [0.25, 0.3) is 0 Å². The third-order valence-electron chi connectivity index (χ3n) is 0. The van der Waals surface area contributed by atoms with Crippen molar-refractivity contribution in [3.8, 4) is 0 Å². The number of hydrogen-bond donors (Lipinski definition) is 0. The van der Waals surface area contributed by atoms with Crippen LogP contribution in [0.4, 0.5) is 0 Å². The molecule has 0 saturated heterocycles. The topological polar surface area (TPSA) is 2280 Å². The van der Waals surface area contributed by atoms with Crippen molar-refractivity contribution in [2.24, 2.45) is 0 Å². The van der Waals surface area contributed by atoms with E-state index >= 15 is 0 Å². The van der Waals surface area contributed by atoms with Crippen molar-refractivity contribution in [2.75, 3.05) is 0 Å². The molecular weight excluding hydrogens is 4630 g/mol. The predicted octanol–water partition coefficient (Wildman–Crippen LogP) is -9.68. The van der Waals surface area contributed by atoms with Gasteiger partial charge in [0.1, 0.15) is 0 Å². The van der Waals surface area contributed by atoms with Gasteiger partial charge in [-0.25, -0.2) is 0 Å². The smallest absolute Gasteiger partial charge is 2.00 e. The molecule has 0 aliphatic carbocycles. The van der Waals surface area contributed by atoms with Crippen molar-refractivity contribution in [2.45, 2.75) is 0 Å². The van der Waals surface area contributed by atoms with Crippen molar-refractivity contribution in [1.29, 1.82) is 0 Å². The molecule has 0 rings (SSSR count). The van der Waals surface area contributed by atoms with Crippen molar-refractivity contribution < 1.29 is 1960 Å². The molecule has 0 atom stereocenters. The first kappa shape index (κ1) is 3440. The largest absolute Gasteiger partial charge is 4.00 e. The average molecular weight is 4630 g/mol. The van der Waals surface area contributed by atoms with Gasteiger partial charge in [0.2, 0.25) is 0 Å². The van der Waals surface area contributed by atoms with Gasteiger partial charge in [-0.05, 0) is 0 Å². The second-order valence-electron chi connectivity index (χ2n) is 0. The fourth-order valence-electron chi connectivity index (χ4n) is 0. The van der Waals surface area contributed by atoms with Gasteiger partial charge in [-0.2, -0.15) is 0 Å². The first-order valence-electron chi connectivity index (χ1n) is 0. The van der Waals surface area contributed by atoms with Crippen LogP contribution in [0.3, 0.4) is 0 Å². The molecule has 0 aliphatic heterocycles. The van der Waals surface area contributed by atoms with Crippen LogP contribution in [0.5, 0.6) is 0 Å². The van der Waals surface area contributed by atoms with E-state index in [-0.39, 0.29) is 1960 Å². The van der Waals surface area contributed by atoms with Gasteiger partial charge < -0.3 is 438 Å². The summed E-state index contributed by atoms with van der Waals surface area (Å²) >= 11 is 0. The zero-order valence-electron chi connectivity index (χ0n) is 67.7. The summed E-state index contributed by atoms with van der Waals surface area (Å²) in [5, 5.41) is 0. The van der Waals surface area contributed by atoms with E-state index in [0.717, 1.165) is 0 Å². The van der Waals surface area contributed by atoms with Crippen LogP contribution in [0.2, 0.25) is 0 Å². The van der Waals surface area contributed by atoms with Gasteiger partial charge in [-0.3, -0.25) is 0 Å². The minimum Gasteiger partial charge on any atom is -2.00 e. The summed E-state index contributed by atoms with van der Waals surface area (Å²) < 4.78 is 0. The molecule has 0 aromatic rings. The van der Waals surface area contributed by atoms with E-state index in [1.807, 2.05) is 0 Å². The molecule has 0 unspecified atom stereocenters. The fraction of sp³-hybridized carbons (Fsp3) is 0. The average Bonchev–Trinajstić information content (AvgIpc) is 0. The molecule has 0 spiro atoms. The van der Waals surface area contributed by atoms with Crippen LogP contribution >= 0.6 is 0 Å². The summed E-state index contributed by atoms with van der Waals surface area (Å²) in [4.78, 5) is 0. The van der Waals surface area contributed by atoms with E-state index in [1.165, 1.54) is 0 Å². The molecule has 640 valence electrons. The van der Waals surface area contributed by atoms with E-state index in [1.54, 1.807) is 0 Å². The van der Waals surface area contributed by atoms with E-state index in [4.69, 9.17) is 0 Å². The molecule has 80 nitrogen and oxygen atoms in total. The zero-order valence-corrected chi connectivity index (χ0v) is 177. The van der Waals surface area contributed by atoms with E-state index < -0.39 is 0 Å². The molecule has 0 bridgehead atoms. The number of rotatable bonds is 0. The second-order valence-corrected chi connectivity index (χ2v) is 0. The predicted molar refractivity (Wildman–Crippen MR) is 54.9 cm³/mol.